The van der Waals surface area contributed by atoms with Crippen molar-refractivity contribution in [3.8, 4) is 5.75 Å². The Morgan fingerprint density at radius 3 is 2.70 bits per heavy atom. The molecule has 0 spiro atoms. The van der Waals surface area contributed by atoms with Gasteiger partial charge >= 0.3 is 0 Å². The number of benzene rings is 1. The van der Waals surface area contributed by atoms with Crippen LogP contribution in [0.2, 0.25) is 0 Å². The monoisotopic (exact) mass is 317 g/mol. The number of ether oxygens (including phenoxy) is 1. The van der Waals surface area contributed by atoms with E-state index in [0.29, 0.717) is 5.91 Å². The lowest BCUT2D eigenvalue weighted by Gasteiger charge is -2.41. The minimum atomic E-state index is 0.193. The quantitative estimate of drug-likeness (QED) is 0.918. The summed E-state index contributed by atoms with van der Waals surface area (Å²) in [5.41, 5.74) is 1.17. The van der Waals surface area contributed by atoms with Gasteiger partial charge in [0.25, 0.3) is 0 Å². The first kappa shape index (κ1) is 16.3. The molecule has 1 amide bonds. The highest BCUT2D eigenvalue weighted by atomic mass is 16.5. The van der Waals surface area contributed by atoms with Crippen molar-refractivity contribution in [3.63, 3.8) is 0 Å². The van der Waals surface area contributed by atoms with Gasteiger partial charge in [-0.05, 0) is 39.0 Å². The standard InChI is InChI=1S/C18H27N3O2/c1-20-11-12-21(18(22)14-7-9-19-10-8-14)13-16(20)15-5-3-4-6-17(15)23-2/h3-6,14,16,19H,7-13H2,1-2H3/t16-/m1/s1. The van der Waals surface area contributed by atoms with E-state index < -0.39 is 0 Å². The number of hydrogen-bond donors (Lipinski definition) is 1. The van der Waals surface area contributed by atoms with Crippen molar-refractivity contribution in [2.45, 2.75) is 18.9 Å². The maximum Gasteiger partial charge on any atom is 0.225 e. The van der Waals surface area contributed by atoms with Gasteiger partial charge < -0.3 is 15.0 Å². The number of nitrogens with zero attached hydrogens (tertiary/aromatic N) is 2. The molecule has 23 heavy (non-hydrogen) atoms. The highest BCUT2D eigenvalue weighted by Crippen LogP contribution is 2.32. The number of carbonyl (C=O) groups excluding carboxylic acids is 1. The fraction of sp³-hybridized carbons (Fsp3) is 0.611. The van der Waals surface area contributed by atoms with Crippen LogP contribution in [0.15, 0.2) is 24.3 Å². The molecule has 2 fully saturated rings. The summed E-state index contributed by atoms with van der Waals surface area (Å²) >= 11 is 0. The molecule has 1 atom stereocenters. The summed E-state index contributed by atoms with van der Waals surface area (Å²) in [5, 5.41) is 3.33. The Balaban J connectivity index is 1.75. The molecule has 0 bridgehead atoms. The van der Waals surface area contributed by atoms with Gasteiger partial charge in [0.05, 0.1) is 13.2 Å². The van der Waals surface area contributed by atoms with Crippen LogP contribution in [0.4, 0.5) is 0 Å². The summed E-state index contributed by atoms with van der Waals surface area (Å²) in [7, 11) is 3.84. The molecule has 2 aliphatic rings. The van der Waals surface area contributed by atoms with Crippen molar-refractivity contribution in [1.29, 1.82) is 0 Å². The Bertz CT molecular complexity index is 543. The van der Waals surface area contributed by atoms with Gasteiger partial charge in [-0.25, -0.2) is 0 Å². The minimum absolute atomic E-state index is 0.193. The average molecular weight is 317 g/mol. The van der Waals surface area contributed by atoms with E-state index in [1.807, 2.05) is 18.2 Å². The normalized spacial score (nSPS) is 23.7. The second-order valence-corrected chi connectivity index (χ2v) is 6.55. The first-order valence-corrected chi connectivity index (χ1v) is 8.53. The van der Waals surface area contributed by atoms with Crippen LogP contribution in [0.1, 0.15) is 24.4 Å². The number of piperazine rings is 1. The molecule has 0 saturated carbocycles. The van der Waals surface area contributed by atoms with E-state index >= 15 is 0 Å². The largest absolute Gasteiger partial charge is 0.496 e. The van der Waals surface area contributed by atoms with Crippen molar-refractivity contribution in [2.75, 3.05) is 46.9 Å². The molecule has 126 valence electrons. The molecule has 2 heterocycles. The van der Waals surface area contributed by atoms with Gasteiger partial charge in [-0.15, -0.1) is 0 Å². The van der Waals surface area contributed by atoms with Gasteiger partial charge in [0.15, 0.2) is 0 Å². The topological polar surface area (TPSA) is 44.8 Å². The highest BCUT2D eigenvalue weighted by molar-refractivity contribution is 5.79. The van der Waals surface area contributed by atoms with Gasteiger partial charge in [0, 0.05) is 31.1 Å². The lowest BCUT2D eigenvalue weighted by atomic mass is 9.95. The first-order chi connectivity index (χ1) is 11.2. The number of rotatable bonds is 3. The lowest BCUT2D eigenvalue weighted by molar-refractivity contribution is -0.139. The van der Waals surface area contributed by atoms with E-state index in [9.17, 15) is 4.79 Å². The third kappa shape index (κ3) is 3.51. The Labute approximate surface area is 138 Å². The molecule has 1 aromatic rings. The summed E-state index contributed by atoms with van der Waals surface area (Å²) in [6.45, 7) is 4.39. The number of methoxy groups -OCH3 is 1. The third-order valence-electron chi connectivity index (χ3n) is 5.15. The van der Waals surface area contributed by atoms with Gasteiger partial charge in [0.2, 0.25) is 5.91 Å². The van der Waals surface area contributed by atoms with Crippen molar-refractivity contribution in [2.24, 2.45) is 5.92 Å². The van der Waals surface area contributed by atoms with Crippen molar-refractivity contribution < 1.29 is 9.53 Å². The summed E-state index contributed by atoms with van der Waals surface area (Å²) in [5.74, 6) is 1.43. The second-order valence-electron chi connectivity index (χ2n) is 6.55. The zero-order valence-electron chi connectivity index (χ0n) is 14.1. The first-order valence-electron chi connectivity index (χ1n) is 8.53. The van der Waals surface area contributed by atoms with E-state index in [2.05, 4.69) is 28.2 Å². The molecule has 1 N–H and O–H groups in total. The molecule has 5 heteroatoms. The molecule has 0 unspecified atom stereocenters. The number of amides is 1. The zero-order valence-corrected chi connectivity index (χ0v) is 14.1. The molecule has 0 aliphatic carbocycles. The van der Waals surface area contributed by atoms with Gasteiger partial charge in [-0.3, -0.25) is 9.69 Å². The Morgan fingerprint density at radius 1 is 1.22 bits per heavy atom. The van der Waals surface area contributed by atoms with Crippen LogP contribution >= 0.6 is 0 Å². The number of likely N-dealkylation sites (N-methyl/N-ethyl adjacent to an activating group) is 1. The smallest absolute Gasteiger partial charge is 0.225 e. The predicted octanol–water partition coefficient (Wildman–Crippen LogP) is 1.51. The van der Waals surface area contributed by atoms with Gasteiger partial charge in [0.1, 0.15) is 5.75 Å². The van der Waals surface area contributed by atoms with E-state index in [1.54, 1.807) is 7.11 Å². The van der Waals surface area contributed by atoms with Crippen molar-refractivity contribution in [3.05, 3.63) is 29.8 Å². The molecule has 2 aliphatic heterocycles. The second kappa shape index (κ2) is 7.32. The molecule has 3 rings (SSSR count). The van der Waals surface area contributed by atoms with Crippen LogP contribution in [-0.2, 0) is 4.79 Å². The predicted molar refractivity (Wildman–Crippen MR) is 90.5 cm³/mol. The molecular formula is C18H27N3O2. The molecule has 1 aromatic carbocycles. The Hall–Kier alpha value is -1.59. The Morgan fingerprint density at radius 2 is 1.96 bits per heavy atom. The van der Waals surface area contributed by atoms with E-state index in [0.717, 1.165) is 51.3 Å². The maximum absolute atomic E-state index is 12.8. The summed E-state index contributed by atoms with van der Waals surface area (Å²) in [6, 6.07) is 8.34. The minimum Gasteiger partial charge on any atom is -0.496 e. The number of carbonyl (C=O) groups is 1. The number of nitrogens with one attached hydrogen (secondary N) is 1. The molecule has 0 aromatic heterocycles. The molecule has 0 radical (unpaired) electrons. The van der Waals surface area contributed by atoms with Gasteiger partial charge in [-0.2, -0.15) is 0 Å². The Kier molecular flexibility index (Phi) is 5.18. The lowest BCUT2D eigenvalue weighted by Crippen LogP contribution is -2.51. The van der Waals surface area contributed by atoms with Crippen LogP contribution in [0.5, 0.6) is 5.75 Å². The maximum atomic E-state index is 12.8. The van der Waals surface area contributed by atoms with Crippen LogP contribution in [0, 0.1) is 5.92 Å². The van der Waals surface area contributed by atoms with Crippen molar-refractivity contribution >= 4 is 5.91 Å². The zero-order chi connectivity index (χ0) is 16.2. The van der Waals surface area contributed by atoms with Crippen molar-refractivity contribution in [1.82, 2.24) is 15.1 Å². The highest BCUT2D eigenvalue weighted by Gasteiger charge is 2.33. The summed E-state index contributed by atoms with van der Waals surface area (Å²) in [4.78, 5) is 17.2. The third-order valence-corrected chi connectivity index (χ3v) is 5.15. The van der Waals surface area contributed by atoms with E-state index in [1.165, 1.54) is 5.56 Å². The fourth-order valence-electron chi connectivity index (χ4n) is 3.68. The molecular weight excluding hydrogens is 290 g/mol. The fourth-order valence-corrected chi connectivity index (χ4v) is 3.68. The number of hydrogen-bond acceptors (Lipinski definition) is 4. The van der Waals surface area contributed by atoms with Gasteiger partial charge in [-0.1, -0.05) is 18.2 Å². The molecule has 5 nitrogen and oxygen atoms in total. The van der Waals surface area contributed by atoms with E-state index in [4.69, 9.17) is 4.74 Å². The van der Waals surface area contributed by atoms with Crippen LogP contribution in [0.3, 0.4) is 0 Å². The number of para-hydroxylation sites is 1. The van der Waals surface area contributed by atoms with Crippen LogP contribution in [0.25, 0.3) is 0 Å². The number of piperidine rings is 1. The van der Waals surface area contributed by atoms with Crippen LogP contribution < -0.4 is 10.1 Å². The van der Waals surface area contributed by atoms with E-state index in [-0.39, 0.29) is 12.0 Å². The SMILES string of the molecule is COc1ccccc1[C@H]1CN(C(=O)C2CCNCC2)CCN1C. The summed E-state index contributed by atoms with van der Waals surface area (Å²) in [6.07, 6.45) is 1.93. The van der Waals surface area contributed by atoms with Crippen LogP contribution in [-0.4, -0.2) is 62.6 Å². The summed E-state index contributed by atoms with van der Waals surface area (Å²) < 4.78 is 5.52. The molecule has 2 saturated heterocycles. The average Bonchev–Trinajstić information content (AvgIpc) is 2.62.